The highest BCUT2D eigenvalue weighted by molar-refractivity contribution is 7.89. The summed E-state index contributed by atoms with van der Waals surface area (Å²) < 4.78 is 27.8. The Morgan fingerprint density at radius 1 is 0.947 bits per heavy atom. The monoisotopic (exact) mass is 542 g/mol. The van der Waals surface area contributed by atoms with Crippen molar-refractivity contribution in [1.29, 1.82) is 0 Å². The summed E-state index contributed by atoms with van der Waals surface area (Å²) in [5, 5.41) is 2.46. The molecule has 1 aliphatic rings. The number of unbranched alkanes of at least 4 members (excludes halogenated alkanes) is 1. The highest BCUT2D eigenvalue weighted by Crippen LogP contribution is 2.23. The van der Waals surface area contributed by atoms with E-state index in [9.17, 15) is 27.6 Å². The number of carbonyl (C=O) groups excluding carboxylic acids is 4. The van der Waals surface area contributed by atoms with Crippen LogP contribution in [0, 0.1) is 5.92 Å². The van der Waals surface area contributed by atoms with E-state index in [1.807, 2.05) is 0 Å². The van der Waals surface area contributed by atoms with Gasteiger partial charge >= 0.3 is 0 Å². The van der Waals surface area contributed by atoms with Gasteiger partial charge in [0.1, 0.15) is 6.04 Å². The number of nitrogens with two attached hydrogens (primary N) is 1. The molecule has 0 radical (unpaired) electrons. The number of likely N-dealkylation sites (N-methyl/N-ethyl adjacent to an activating group) is 1. The van der Waals surface area contributed by atoms with Crippen LogP contribution in [0.15, 0.2) is 54.6 Å². The van der Waals surface area contributed by atoms with Gasteiger partial charge in [0, 0.05) is 20.0 Å². The molecule has 0 fully saturated rings. The molecule has 0 unspecified atom stereocenters. The van der Waals surface area contributed by atoms with Crippen molar-refractivity contribution in [3.8, 4) is 0 Å². The van der Waals surface area contributed by atoms with Crippen molar-refractivity contribution in [1.82, 2.24) is 14.5 Å². The first kappa shape index (κ1) is 29.0. The van der Waals surface area contributed by atoms with Crippen LogP contribution >= 0.6 is 0 Å². The molecule has 2 aromatic carbocycles. The number of amides is 4. The van der Waals surface area contributed by atoms with Crippen molar-refractivity contribution >= 4 is 33.7 Å². The highest BCUT2D eigenvalue weighted by atomic mass is 32.2. The number of nitrogens with one attached hydrogen (secondary N) is 1. The van der Waals surface area contributed by atoms with Gasteiger partial charge < -0.3 is 11.1 Å². The first-order valence-corrected chi connectivity index (χ1v) is 14.1. The van der Waals surface area contributed by atoms with Crippen LogP contribution in [-0.2, 0) is 26.0 Å². The van der Waals surface area contributed by atoms with Gasteiger partial charge in [-0.05, 0) is 36.5 Å². The number of benzene rings is 2. The first-order valence-electron chi connectivity index (χ1n) is 12.5. The highest BCUT2D eigenvalue weighted by Gasteiger charge is 2.41. The molecule has 0 aliphatic carbocycles. The lowest BCUT2D eigenvalue weighted by molar-refractivity contribution is -0.136. The maximum Gasteiger partial charge on any atom is 0.261 e. The van der Waals surface area contributed by atoms with E-state index in [4.69, 9.17) is 5.73 Å². The Balaban J connectivity index is 1.79. The number of hydrogen-bond acceptors (Lipinski definition) is 7. The Bertz CT molecular complexity index is 1260. The molecule has 0 spiro atoms. The van der Waals surface area contributed by atoms with Gasteiger partial charge in [-0.3, -0.25) is 24.1 Å². The van der Waals surface area contributed by atoms with E-state index in [2.05, 4.69) is 5.32 Å². The van der Waals surface area contributed by atoms with Gasteiger partial charge in [-0.2, -0.15) is 0 Å². The number of fused-ring (bicyclic) bond motifs is 1. The zero-order valence-corrected chi connectivity index (χ0v) is 22.6. The second-order valence-corrected chi connectivity index (χ2v) is 11.5. The number of hydrogen-bond donors (Lipinski definition) is 2. The van der Waals surface area contributed by atoms with Crippen LogP contribution in [0.4, 0.5) is 0 Å². The summed E-state index contributed by atoms with van der Waals surface area (Å²) in [6.07, 6.45) is 0.236. The van der Waals surface area contributed by atoms with E-state index in [0.717, 1.165) is 4.90 Å². The zero-order valence-electron chi connectivity index (χ0n) is 21.8. The Labute approximate surface area is 223 Å². The average molecular weight is 543 g/mol. The smallest absolute Gasteiger partial charge is 0.261 e. The fourth-order valence-corrected chi connectivity index (χ4v) is 6.02. The molecule has 3 rings (SSSR count). The molecule has 1 aliphatic heterocycles. The molecule has 2 aromatic rings. The summed E-state index contributed by atoms with van der Waals surface area (Å²) in [6, 6.07) is 12.8. The summed E-state index contributed by atoms with van der Waals surface area (Å²) in [4.78, 5) is 52.5. The minimum Gasteiger partial charge on any atom is -0.357 e. The molecule has 2 atom stereocenters. The summed E-state index contributed by atoms with van der Waals surface area (Å²) in [7, 11) is -2.92. The molecule has 0 aromatic heterocycles. The Kier molecular flexibility index (Phi) is 9.40. The molecular formula is C27H34N4O6S. The third kappa shape index (κ3) is 6.28. The van der Waals surface area contributed by atoms with Crippen LogP contribution in [-0.4, -0.2) is 72.7 Å². The molecule has 1 heterocycles. The minimum atomic E-state index is -4.30. The second kappa shape index (κ2) is 12.3. The number of rotatable bonds is 12. The van der Waals surface area contributed by atoms with Crippen molar-refractivity contribution in [2.24, 2.45) is 11.7 Å². The van der Waals surface area contributed by atoms with Gasteiger partial charge in [0.05, 0.1) is 22.9 Å². The van der Waals surface area contributed by atoms with E-state index in [1.54, 1.807) is 68.4 Å². The molecule has 0 bridgehead atoms. The Morgan fingerprint density at radius 2 is 1.50 bits per heavy atom. The topological polar surface area (TPSA) is 147 Å². The minimum absolute atomic E-state index is 0.0225. The van der Waals surface area contributed by atoms with Crippen LogP contribution in [0.5, 0.6) is 0 Å². The average Bonchev–Trinajstić information content (AvgIpc) is 3.14. The zero-order chi connectivity index (χ0) is 28.0. The van der Waals surface area contributed by atoms with Crippen LogP contribution < -0.4 is 11.1 Å². The van der Waals surface area contributed by atoms with Crippen LogP contribution in [0.3, 0.4) is 0 Å². The van der Waals surface area contributed by atoms with E-state index in [1.165, 1.54) is 7.05 Å². The maximum atomic E-state index is 13.6. The predicted molar refractivity (Wildman–Crippen MR) is 142 cm³/mol. The summed E-state index contributed by atoms with van der Waals surface area (Å²) >= 11 is 0. The van der Waals surface area contributed by atoms with Gasteiger partial charge in [-0.1, -0.05) is 56.3 Å². The summed E-state index contributed by atoms with van der Waals surface area (Å²) in [6.45, 7) is 3.42. The summed E-state index contributed by atoms with van der Waals surface area (Å²) in [5.41, 5.74) is 7.39. The van der Waals surface area contributed by atoms with Crippen molar-refractivity contribution in [3.05, 3.63) is 71.3 Å². The lowest BCUT2D eigenvalue weighted by atomic mass is 10.0. The molecule has 204 valence electrons. The molecule has 0 saturated carbocycles. The molecular weight excluding hydrogens is 508 g/mol. The molecule has 4 amide bonds. The molecule has 3 N–H and O–H groups in total. The van der Waals surface area contributed by atoms with E-state index >= 15 is 0 Å². The second-order valence-electron chi connectivity index (χ2n) is 9.55. The van der Waals surface area contributed by atoms with Crippen molar-refractivity contribution < 1.29 is 27.6 Å². The van der Waals surface area contributed by atoms with Crippen molar-refractivity contribution in [2.75, 3.05) is 19.3 Å². The van der Waals surface area contributed by atoms with E-state index in [-0.39, 0.29) is 31.7 Å². The fraction of sp³-hybridized carbons (Fsp3) is 0.407. The van der Waals surface area contributed by atoms with Crippen LogP contribution in [0.1, 0.15) is 53.0 Å². The standard InChI is InChI=1S/C27H34N4O6S/c1-18(2)23(28)27(35)31(22(24(32)29-3)17-19-11-5-4-6-12-19)38(36,37)16-10-9-15-30-25(33)20-13-7-8-14-21(20)26(30)34/h4-8,11-14,18,22-23H,9-10,15-17,28H2,1-3H3,(H,29,32)/t22-,23-/m0/s1. The van der Waals surface area contributed by atoms with Gasteiger partial charge in [0.15, 0.2) is 0 Å². The summed E-state index contributed by atoms with van der Waals surface area (Å²) in [5.74, 6) is -3.16. The molecule has 0 saturated heterocycles. The lowest BCUT2D eigenvalue weighted by Crippen LogP contribution is -2.58. The van der Waals surface area contributed by atoms with Crippen LogP contribution in [0.25, 0.3) is 0 Å². The number of sulfonamides is 1. The third-order valence-corrected chi connectivity index (χ3v) is 8.37. The van der Waals surface area contributed by atoms with Gasteiger partial charge in [-0.25, -0.2) is 12.7 Å². The lowest BCUT2D eigenvalue weighted by Gasteiger charge is -2.32. The van der Waals surface area contributed by atoms with E-state index < -0.39 is 51.5 Å². The van der Waals surface area contributed by atoms with Gasteiger partial charge in [0.25, 0.3) is 17.7 Å². The van der Waals surface area contributed by atoms with Crippen molar-refractivity contribution in [3.63, 3.8) is 0 Å². The normalized spacial score (nSPS) is 14.8. The van der Waals surface area contributed by atoms with Gasteiger partial charge in [0.2, 0.25) is 15.9 Å². The fourth-order valence-electron chi connectivity index (χ4n) is 4.30. The number of imide groups is 1. The molecule has 11 heteroatoms. The first-order chi connectivity index (χ1) is 18.0. The van der Waals surface area contributed by atoms with E-state index in [0.29, 0.717) is 21.0 Å². The SMILES string of the molecule is CNC(=O)[C@H](Cc1ccccc1)N(C(=O)[C@@H](N)C(C)C)S(=O)(=O)CCCCN1C(=O)c2ccccc2C1=O. The van der Waals surface area contributed by atoms with Gasteiger partial charge in [-0.15, -0.1) is 0 Å². The van der Waals surface area contributed by atoms with Crippen LogP contribution in [0.2, 0.25) is 0 Å². The number of nitrogens with zero attached hydrogens (tertiary/aromatic N) is 2. The Hall–Kier alpha value is -3.57. The Morgan fingerprint density at radius 3 is 2.03 bits per heavy atom. The maximum absolute atomic E-state index is 13.6. The van der Waals surface area contributed by atoms with Crippen molar-refractivity contribution in [2.45, 2.75) is 45.2 Å². The number of carbonyl (C=O) groups is 4. The molecule has 38 heavy (non-hydrogen) atoms. The predicted octanol–water partition coefficient (Wildman–Crippen LogP) is 1.56. The quantitative estimate of drug-likeness (QED) is 0.306. The molecule has 10 nitrogen and oxygen atoms in total. The third-order valence-electron chi connectivity index (χ3n) is 6.54. The largest absolute Gasteiger partial charge is 0.357 e.